The fourth-order valence-corrected chi connectivity index (χ4v) is 2.58. The molecule has 1 saturated carbocycles. The van der Waals surface area contributed by atoms with E-state index in [0.717, 1.165) is 19.3 Å². The maximum absolute atomic E-state index is 12.0. The van der Waals surface area contributed by atoms with Gasteiger partial charge < -0.3 is 10.4 Å². The average molecular weight is 269 g/mol. The molecule has 4 heteroatoms. The third-order valence-corrected chi connectivity index (χ3v) is 4.52. The summed E-state index contributed by atoms with van der Waals surface area (Å²) < 4.78 is 0. The lowest BCUT2D eigenvalue weighted by molar-refractivity contribution is -0.154. The van der Waals surface area contributed by atoms with E-state index in [4.69, 9.17) is 0 Å². The van der Waals surface area contributed by atoms with Gasteiger partial charge in [0.15, 0.2) is 0 Å². The highest BCUT2D eigenvalue weighted by atomic mass is 16.4. The van der Waals surface area contributed by atoms with E-state index in [0.29, 0.717) is 31.2 Å². The second-order valence-corrected chi connectivity index (χ2v) is 6.35. The quantitative estimate of drug-likeness (QED) is 0.779. The van der Waals surface area contributed by atoms with Crippen LogP contribution in [-0.2, 0) is 9.59 Å². The molecule has 0 radical (unpaired) electrons. The Morgan fingerprint density at radius 1 is 1.16 bits per heavy atom. The van der Waals surface area contributed by atoms with Crippen LogP contribution in [0.3, 0.4) is 0 Å². The Labute approximate surface area is 116 Å². The van der Waals surface area contributed by atoms with Crippen molar-refractivity contribution in [2.75, 3.05) is 6.54 Å². The minimum absolute atomic E-state index is 0.114. The van der Waals surface area contributed by atoms with Crippen LogP contribution in [-0.4, -0.2) is 23.5 Å². The highest BCUT2D eigenvalue weighted by molar-refractivity contribution is 5.85. The summed E-state index contributed by atoms with van der Waals surface area (Å²) in [6.45, 7) is 6.97. The number of amides is 1. The first-order chi connectivity index (χ1) is 8.87. The molecule has 0 aliphatic heterocycles. The van der Waals surface area contributed by atoms with E-state index in [1.165, 1.54) is 0 Å². The van der Waals surface area contributed by atoms with Crippen molar-refractivity contribution in [2.24, 2.45) is 17.3 Å². The second-order valence-electron chi connectivity index (χ2n) is 6.35. The van der Waals surface area contributed by atoms with Crippen LogP contribution < -0.4 is 5.32 Å². The second kappa shape index (κ2) is 6.92. The Balaban J connectivity index is 2.50. The maximum Gasteiger partial charge on any atom is 0.310 e. The zero-order chi connectivity index (χ0) is 14.5. The first kappa shape index (κ1) is 16.0. The Bertz CT molecular complexity index is 319. The van der Waals surface area contributed by atoms with Crippen molar-refractivity contribution in [3.63, 3.8) is 0 Å². The third kappa shape index (κ3) is 4.51. The molecular formula is C15H27NO3. The summed E-state index contributed by atoms with van der Waals surface area (Å²) in [6.07, 6.45) is 4.32. The summed E-state index contributed by atoms with van der Waals surface area (Å²) in [7, 11) is 0. The Morgan fingerprint density at radius 2 is 1.74 bits per heavy atom. The predicted molar refractivity (Wildman–Crippen MR) is 74.8 cm³/mol. The van der Waals surface area contributed by atoms with Gasteiger partial charge in [0.25, 0.3) is 0 Å². The third-order valence-electron chi connectivity index (χ3n) is 4.52. The topological polar surface area (TPSA) is 66.4 Å². The number of nitrogens with one attached hydrogen (secondary N) is 1. The van der Waals surface area contributed by atoms with Gasteiger partial charge in [0, 0.05) is 13.0 Å². The Hall–Kier alpha value is -1.06. The summed E-state index contributed by atoms with van der Waals surface area (Å²) in [5, 5.41) is 12.3. The van der Waals surface area contributed by atoms with Gasteiger partial charge in [-0.1, -0.05) is 40.0 Å². The summed E-state index contributed by atoms with van der Waals surface area (Å²) in [4.78, 5) is 23.5. The number of carbonyl (C=O) groups is 2. The minimum atomic E-state index is -0.816. The number of hydrogen-bond donors (Lipinski definition) is 2. The first-order valence-corrected chi connectivity index (χ1v) is 7.37. The minimum Gasteiger partial charge on any atom is -0.481 e. The van der Waals surface area contributed by atoms with Gasteiger partial charge in [-0.3, -0.25) is 9.59 Å². The summed E-state index contributed by atoms with van der Waals surface area (Å²) in [6, 6.07) is 0. The van der Waals surface area contributed by atoms with Gasteiger partial charge in [0.05, 0.1) is 5.41 Å². The molecule has 1 atom stereocenters. The molecule has 1 aliphatic rings. The SMILES string of the molecule is CC(C)C(C)CNC(=O)CC1(C(=O)O)CCCCC1. The van der Waals surface area contributed by atoms with Gasteiger partial charge in [0.1, 0.15) is 0 Å². The normalized spacial score (nSPS) is 20.0. The van der Waals surface area contributed by atoms with E-state index < -0.39 is 11.4 Å². The molecule has 0 heterocycles. The molecule has 2 N–H and O–H groups in total. The van der Waals surface area contributed by atoms with Crippen LogP contribution in [0.25, 0.3) is 0 Å². The zero-order valence-corrected chi connectivity index (χ0v) is 12.4. The van der Waals surface area contributed by atoms with Crippen LogP contribution in [0.5, 0.6) is 0 Å². The molecule has 1 unspecified atom stereocenters. The van der Waals surface area contributed by atoms with E-state index in [1.54, 1.807) is 0 Å². The van der Waals surface area contributed by atoms with Crippen molar-refractivity contribution in [2.45, 2.75) is 59.3 Å². The van der Waals surface area contributed by atoms with Crippen LogP contribution in [0.4, 0.5) is 0 Å². The molecule has 1 aliphatic carbocycles. The average Bonchev–Trinajstić information content (AvgIpc) is 2.36. The van der Waals surface area contributed by atoms with Gasteiger partial charge in [-0.2, -0.15) is 0 Å². The van der Waals surface area contributed by atoms with E-state index in [-0.39, 0.29) is 12.3 Å². The van der Waals surface area contributed by atoms with E-state index in [2.05, 4.69) is 26.1 Å². The molecule has 1 amide bonds. The van der Waals surface area contributed by atoms with Crippen molar-refractivity contribution in [1.29, 1.82) is 0 Å². The number of hydrogen-bond acceptors (Lipinski definition) is 2. The van der Waals surface area contributed by atoms with Gasteiger partial charge in [-0.15, -0.1) is 0 Å². The summed E-state index contributed by atoms with van der Waals surface area (Å²) >= 11 is 0. The summed E-state index contributed by atoms with van der Waals surface area (Å²) in [5.74, 6) is 0.00977. The van der Waals surface area contributed by atoms with E-state index in [1.807, 2.05) is 0 Å². The largest absolute Gasteiger partial charge is 0.481 e. The molecule has 0 aromatic heterocycles. The van der Waals surface area contributed by atoms with Crippen molar-refractivity contribution in [3.05, 3.63) is 0 Å². The van der Waals surface area contributed by atoms with E-state index in [9.17, 15) is 14.7 Å². The Morgan fingerprint density at radius 3 is 2.21 bits per heavy atom. The van der Waals surface area contributed by atoms with Crippen LogP contribution >= 0.6 is 0 Å². The van der Waals surface area contributed by atoms with Crippen LogP contribution in [0.1, 0.15) is 59.3 Å². The molecule has 4 nitrogen and oxygen atoms in total. The molecule has 0 spiro atoms. The van der Waals surface area contributed by atoms with Gasteiger partial charge in [0.2, 0.25) is 5.91 Å². The molecule has 0 saturated heterocycles. The number of carboxylic acids is 1. The lowest BCUT2D eigenvalue weighted by atomic mass is 9.71. The lowest BCUT2D eigenvalue weighted by Gasteiger charge is -2.32. The molecule has 0 aromatic carbocycles. The van der Waals surface area contributed by atoms with Gasteiger partial charge >= 0.3 is 5.97 Å². The lowest BCUT2D eigenvalue weighted by Crippen LogP contribution is -2.40. The highest BCUT2D eigenvalue weighted by Crippen LogP contribution is 2.39. The van der Waals surface area contributed by atoms with Gasteiger partial charge in [-0.25, -0.2) is 0 Å². The molecular weight excluding hydrogens is 242 g/mol. The van der Waals surface area contributed by atoms with Crippen LogP contribution in [0.2, 0.25) is 0 Å². The van der Waals surface area contributed by atoms with E-state index >= 15 is 0 Å². The standard InChI is InChI=1S/C15H27NO3/c1-11(2)12(3)10-16-13(17)9-15(14(18)19)7-5-4-6-8-15/h11-12H,4-10H2,1-3H3,(H,16,17)(H,18,19). The number of aliphatic carboxylic acids is 1. The number of carboxylic acid groups (broad SMARTS) is 1. The van der Waals surface area contributed by atoms with Crippen molar-refractivity contribution in [3.8, 4) is 0 Å². The Kier molecular flexibility index (Phi) is 5.83. The van der Waals surface area contributed by atoms with Crippen LogP contribution in [0, 0.1) is 17.3 Å². The fraction of sp³-hybridized carbons (Fsp3) is 0.867. The molecule has 1 fully saturated rings. The highest BCUT2D eigenvalue weighted by Gasteiger charge is 2.41. The number of rotatable bonds is 6. The monoisotopic (exact) mass is 269 g/mol. The van der Waals surface area contributed by atoms with Crippen LogP contribution in [0.15, 0.2) is 0 Å². The molecule has 0 aromatic rings. The molecule has 1 rings (SSSR count). The first-order valence-electron chi connectivity index (χ1n) is 7.37. The maximum atomic E-state index is 12.0. The molecule has 110 valence electrons. The van der Waals surface area contributed by atoms with Gasteiger partial charge in [-0.05, 0) is 24.7 Å². The smallest absolute Gasteiger partial charge is 0.310 e. The molecule has 0 bridgehead atoms. The number of carbonyl (C=O) groups excluding carboxylic acids is 1. The van der Waals surface area contributed by atoms with Crippen molar-refractivity contribution < 1.29 is 14.7 Å². The molecule has 19 heavy (non-hydrogen) atoms. The fourth-order valence-electron chi connectivity index (χ4n) is 2.58. The zero-order valence-electron chi connectivity index (χ0n) is 12.4. The van der Waals surface area contributed by atoms with Crippen molar-refractivity contribution in [1.82, 2.24) is 5.32 Å². The predicted octanol–water partition coefficient (Wildman–Crippen LogP) is 2.82. The van der Waals surface area contributed by atoms with Crippen molar-refractivity contribution >= 4 is 11.9 Å². The summed E-state index contributed by atoms with van der Waals surface area (Å²) in [5.41, 5.74) is -0.816.